The summed E-state index contributed by atoms with van der Waals surface area (Å²) in [6.45, 7) is 2.66. The Bertz CT molecular complexity index is 725. The average molecular weight is 381 g/mol. The van der Waals surface area contributed by atoms with Gasteiger partial charge in [-0.05, 0) is 30.3 Å². The van der Waals surface area contributed by atoms with E-state index in [1.807, 2.05) is 24.3 Å². The van der Waals surface area contributed by atoms with Crippen LogP contribution in [0.4, 0.5) is 20.6 Å². The van der Waals surface area contributed by atoms with Crippen molar-refractivity contribution in [2.45, 2.75) is 17.1 Å². The summed E-state index contributed by atoms with van der Waals surface area (Å²) in [5.74, 6) is -0.463. The van der Waals surface area contributed by atoms with Crippen molar-refractivity contribution in [2.75, 3.05) is 16.8 Å². The van der Waals surface area contributed by atoms with E-state index in [1.54, 1.807) is 28.8 Å². The molecule has 1 aliphatic rings. The Hall–Kier alpha value is -1.53. The Kier molecular flexibility index (Phi) is 4.40. The SMILES string of the molecule is C[C@H]1CN(C(=O)Nc2ccc(Br)cc2F)c2ccccc2S1. The second kappa shape index (κ2) is 6.30. The van der Waals surface area contributed by atoms with Crippen LogP contribution in [0.25, 0.3) is 0 Å². The van der Waals surface area contributed by atoms with Gasteiger partial charge < -0.3 is 5.32 Å². The van der Waals surface area contributed by atoms with Gasteiger partial charge in [0.1, 0.15) is 5.82 Å². The summed E-state index contributed by atoms with van der Waals surface area (Å²) >= 11 is 4.94. The van der Waals surface area contributed by atoms with E-state index < -0.39 is 5.82 Å². The molecule has 0 aliphatic carbocycles. The molecule has 6 heteroatoms. The lowest BCUT2D eigenvalue weighted by molar-refractivity contribution is 0.256. The van der Waals surface area contributed by atoms with Crippen LogP contribution in [0.1, 0.15) is 6.92 Å². The maximum Gasteiger partial charge on any atom is 0.326 e. The first-order chi connectivity index (χ1) is 10.5. The van der Waals surface area contributed by atoms with Crippen LogP contribution in [0.5, 0.6) is 0 Å². The van der Waals surface area contributed by atoms with Crippen LogP contribution in [0.3, 0.4) is 0 Å². The number of benzene rings is 2. The van der Waals surface area contributed by atoms with Gasteiger partial charge in [0, 0.05) is 21.2 Å². The number of thioether (sulfide) groups is 1. The molecule has 0 radical (unpaired) electrons. The summed E-state index contributed by atoms with van der Waals surface area (Å²) in [6.07, 6.45) is 0. The summed E-state index contributed by atoms with van der Waals surface area (Å²) < 4.78 is 14.5. The van der Waals surface area contributed by atoms with E-state index in [9.17, 15) is 9.18 Å². The minimum Gasteiger partial charge on any atom is -0.305 e. The number of hydrogen-bond acceptors (Lipinski definition) is 2. The molecule has 2 aromatic rings. The number of para-hydroxylation sites is 1. The maximum absolute atomic E-state index is 13.9. The molecule has 0 bridgehead atoms. The van der Waals surface area contributed by atoms with E-state index in [0.29, 0.717) is 11.0 Å². The molecule has 3 rings (SSSR count). The monoisotopic (exact) mass is 380 g/mol. The standard InChI is InChI=1S/C16H14BrFN2OS/c1-10-9-20(14-4-2-3-5-15(14)22-10)16(21)19-13-7-6-11(17)8-12(13)18/h2-8,10H,9H2,1H3,(H,19,21)/t10-/m0/s1. The van der Waals surface area contributed by atoms with E-state index in [4.69, 9.17) is 0 Å². The molecule has 1 heterocycles. The number of carbonyl (C=O) groups excluding carboxylic acids is 1. The summed E-state index contributed by atoms with van der Waals surface area (Å²) in [5.41, 5.74) is 1.04. The Balaban J connectivity index is 1.86. The second-order valence-corrected chi connectivity index (χ2v) is 7.46. The van der Waals surface area contributed by atoms with Crippen LogP contribution in [0.2, 0.25) is 0 Å². The lowest BCUT2D eigenvalue weighted by Gasteiger charge is -2.32. The van der Waals surface area contributed by atoms with Gasteiger partial charge in [-0.25, -0.2) is 9.18 Å². The zero-order valence-electron chi connectivity index (χ0n) is 11.8. The number of urea groups is 1. The fourth-order valence-electron chi connectivity index (χ4n) is 2.36. The van der Waals surface area contributed by atoms with E-state index in [-0.39, 0.29) is 17.0 Å². The van der Waals surface area contributed by atoms with Crippen molar-refractivity contribution in [3.63, 3.8) is 0 Å². The molecule has 0 aromatic heterocycles. The van der Waals surface area contributed by atoms with Crippen molar-refractivity contribution < 1.29 is 9.18 Å². The fourth-order valence-corrected chi connectivity index (χ4v) is 3.80. The molecule has 0 saturated heterocycles. The van der Waals surface area contributed by atoms with Gasteiger partial charge in [-0.3, -0.25) is 4.90 Å². The minimum atomic E-state index is -0.463. The van der Waals surface area contributed by atoms with E-state index >= 15 is 0 Å². The van der Waals surface area contributed by atoms with Crippen molar-refractivity contribution in [3.8, 4) is 0 Å². The molecule has 114 valence electrons. The van der Waals surface area contributed by atoms with E-state index in [2.05, 4.69) is 28.2 Å². The molecule has 0 saturated carbocycles. The molecule has 0 fully saturated rings. The van der Waals surface area contributed by atoms with Gasteiger partial charge in [-0.15, -0.1) is 11.8 Å². The molecule has 22 heavy (non-hydrogen) atoms. The molecule has 1 N–H and O–H groups in total. The molecular weight excluding hydrogens is 367 g/mol. The largest absolute Gasteiger partial charge is 0.326 e. The van der Waals surface area contributed by atoms with Crippen LogP contribution in [-0.4, -0.2) is 17.8 Å². The van der Waals surface area contributed by atoms with Crippen molar-refractivity contribution in [1.29, 1.82) is 0 Å². The zero-order valence-corrected chi connectivity index (χ0v) is 14.2. The Morgan fingerprint density at radius 1 is 1.36 bits per heavy atom. The first-order valence-corrected chi connectivity index (χ1v) is 8.51. The van der Waals surface area contributed by atoms with Crippen LogP contribution in [0, 0.1) is 5.82 Å². The molecule has 2 amide bonds. The Morgan fingerprint density at radius 3 is 2.91 bits per heavy atom. The molecule has 3 nitrogen and oxygen atoms in total. The summed E-state index contributed by atoms with van der Waals surface area (Å²) in [6, 6.07) is 12.0. The third-order valence-corrected chi connectivity index (χ3v) is 4.99. The highest BCUT2D eigenvalue weighted by Gasteiger charge is 2.27. The number of fused-ring (bicyclic) bond motifs is 1. The van der Waals surface area contributed by atoms with Crippen LogP contribution < -0.4 is 10.2 Å². The van der Waals surface area contributed by atoms with Gasteiger partial charge in [0.05, 0.1) is 11.4 Å². The summed E-state index contributed by atoms with van der Waals surface area (Å²) in [4.78, 5) is 15.3. The maximum atomic E-state index is 13.9. The molecule has 1 aliphatic heterocycles. The zero-order chi connectivity index (χ0) is 15.7. The topological polar surface area (TPSA) is 32.3 Å². The third kappa shape index (κ3) is 3.13. The molecule has 1 atom stereocenters. The van der Waals surface area contributed by atoms with Gasteiger partial charge in [-0.1, -0.05) is 35.0 Å². The predicted octanol–water partition coefficient (Wildman–Crippen LogP) is 5.12. The Morgan fingerprint density at radius 2 is 2.14 bits per heavy atom. The fraction of sp³-hybridized carbons (Fsp3) is 0.188. The van der Waals surface area contributed by atoms with Gasteiger partial charge >= 0.3 is 6.03 Å². The lowest BCUT2D eigenvalue weighted by atomic mass is 10.2. The van der Waals surface area contributed by atoms with Crippen molar-refractivity contribution >= 4 is 45.1 Å². The molecule has 0 spiro atoms. The highest BCUT2D eigenvalue weighted by atomic mass is 79.9. The summed E-state index contributed by atoms with van der Waals surface area (Å²) in [7, 11) is 0. The summed E-state index contributed by atoms with van der Waals surface area (Å²) in [5, 5.41) is 2.94. The minimum absolute atomic E-state index is 0.177. The quantitative estimate of drug-likeness (QED) is 0.744. The number of nitrogens with zero attached hydrogens (tertiary/aromatic N) is 1. The van der Waals surface area contributed by atoms with Crippen LogP contribution in [0.15, 0.2) is 51.8 Å². The number of carbonyl (C=O) groups is 1. The van der Waals surface area contributed by atoms with Gasteiger partial charge in [0.2, 0.25) is 0 Å². The highest BCUT2D eigenvalue weighted by molar-refractivity contribution is 9.10. The number of nitrogens with one attached hydrogen (secondary N) is 1. The lowest BCUT2D eigenvalue weighted by Crippen LogP contribution is -2.41. The third-order valence-electron chi connectivity index (χ3n) is 3.34. The van der Waals surface area contributed by atoms with Crippen molar-refractivity contribution in [1.82, 2.24) is 0 Å². The van der Waals surface area contributed by atoms with E-state index in [0.717, 1.165) is 10.6 Å². The normalized spacial score (nSPS) is 17.0. The first kappa shape index (κ1) is 15.4. The second-order valence-electron chi connectivity index (χ2n) is 5.06. The number of halogens is 2. The van der Waals surface area contributed by atoms with Gasteiger partial charge in [0.25, 0.3) is 0 Å². The molecule has 0 unspecified atom stereocenters. The van der Waals surface area contributed by atoms with Crippen LogP contribution in [-0.2, 0) is 0 Å². The van der Waals surface area contributed by atoms with E-state index in [1.165, 1.54) is 6.07 Å². The van der Waals surface area contributed by atoms with Crippen LogP contribution >= 0.6 is 27.7 Å². The first-order valence-electron chi connectivity index (χ1n) is 6.84. The smallest absolute Gasteiger partial charge is 0.305 e. The van der Waals surface area contributed by atoms with Gasteiger partial charge in [-0.2, -0.15) is 0 Å². The molecule has 2 aromatic carbocycles. The average Bonchev–Trinajstić information content (AvgIpc) is 2.49. The number of rotatable bonds is 1. The van der Waals surface area contributed by atoms with Crippen molar-refractivity contribution in [3.05, 3.63) is 52.8 Å². The number of anilines is 2. The van der Waals surface area contributed by atoms with Crippen molar-refractivity contribution in [2.24, 2.45) is 0 Å². The van der Waals surface area contributed by atoms with Gasteiger partial charge in [0.15, 0.2) is 0 Å². The number of hydrogen-bond donors (Lipinski definition) is 1. The highest BCUT2D eigenvalue weighted by Crippen LogP contribution is 2.38. The number of amides is 2. The predicted molar refractivity (Wildman–Crippen MR) is 92.2 cm³/mol. The Labute approximate surface area is 141 Å². The molecular formula is C16H14BrFN2OS.